The van der Waals surface area contributed by atoms with Gasteiger partial charge in [0.1, 0.15) is 6.61 Å². The zero-order valence-corrected chi connectivity index (χ0v) is 14.1. The molecule has 0 aromatic heterocycles. The van der Waals surface area contributed by atoms with Gasteiger partial charge >= 0.3 is 6.09 Å². The molecule has 1 fully saturated rings. The Morgan fingerprint density at radius 3 is 2.60 bits per heavy atom. The average Bonchev–Trinajstić information content (AvgIpc) is 2.35. The molecule has 1 atom stereocenters. The molecule has 0 unspecified atom stereocenters. The molecule has 0 aromatic carbocycles. The van der Waals surface area contributed by atoms with Crippen LogP contribution in [0.25, 0.3) is 0 Å². The number of hydrogen-bond donors (Lipinski definition) is 2. The van der Waals surface area contributed by atoms with Gasteiger partial charge in [-0.2, -0.15) is 0 Å². The molecule has 1 aliphatic rings. The van der Waals surface area contributed by atoms with E-state index in [1.165, 1.54) is 6.04 Å². The molecule has 0 aliphatic carbocycles. The fourth-order valence-corrected chi connectivity index (χ4v) is 3.32. The van der Waals surface area contributed by atoms with Crippen LogP contribution in [0.1, 0.15) is 19.3 Å². The van der Waals surface area contributed by atoms with Crippen LogP contribution < -0.4 is 11.1 Å². The van der Waals surface area contributed by atoms with Gasteiger partial charge in [-0.3, -0.25) is 0 Å². The average molecular weight is 302 g/mol. The van der Waals surface area contributed by atoms with Crippen molar-refractivity contribution in [1.29, 1.82) is 0 Å². The third-order valence-corrected chi connectivity index (χ3v) is 5.44. The van der Waals surface area contributed by atoms with Crippen molar-refractivity contribution < 1.29 is 14.3 Å². The highest BCUT2D eigenvalue weighted by molar-refractivity contribution is 6.76. The summed E-state index contributed by atoms with van der Waals surface area (Å²) in [6.45, 7) is 10.2. The fourth-order valence-electron chi connectivity index (χ4n) is 2.43. The van der Waals surface area contributed by atoms with Crippen molar-refractivity contribution >= 4 is 14.2 Å². The number of rotatable bonds is 8. The molecule has 20 heavy (non-hydrogen) atoms. The normalized spacial score (nSPS) is 18.8. The second-order valence-corrected chi connectivity index (χ2v) is 12.5. The zero-order valence-electron chi connectivity index (χ0n) is 13.1. The summed E-state index contributed by atoms with van der Waals surface area (Å²) >= 11 is 0. The minimum absolute atomic E-state index is 0.210. The first-order chi connectivity index (χ1) is 9.37. The summed E-state index contributed by atoms with van der Waals surface area (Å²) in [7, 11) is -1.04. The number of hydrogen-bond acceptors (Lipinski definition) is 4. The van der Waals surface area contributed by atoms with E-state index < -0.39 is 14.2 Å². The zero-order chi connectivity index (χ0) is 15.0. The number of carbonyl (C=O) groups is 1. The van der Waals surface area contributed by atoms with E-state index in [-0.39, 0.29) is 6.04 Å². The van der Waals surface area contributed by atoms with Crippen LogP contribution in [0.4, 0.5) is 4.79 Å². The van der Waals surface area contributed by atoms with E-state index in [1.807, 2.05) is 0 Å². The van der Waals surface area contributed by atoms with Crippen LogP contribution in [-0.4, -0.2) is 46.6 Å². The molecule has 5 nitrogen and oxygen atoms in total. The maximum Gasteiger partial charge on any atom is 0.404 e. The molecule has 0 saturated carbocycles. The van der Waals surface area contributed by atoms with Crippen molar-refractivity contribution in [3.05, 3.63) is 0 Å². The number of ether oxygens (including phenoxy) is 2. The van der Waals surface area contributed by atoms with Crippen LogP contribution in [0, 0.1) is 5.92 Å². The van der Waals surface area contributed by atoms with Crippen molar-refractivity contribution in [2.75, 3.05) is 26.4 Å². The van der Waals surface area contributed by atoms with Crippen LogP contribution >= 0.6 is 0 Å². The lowest BCUT2D eigenvalue weighted by molar-refractivity contribution is 0.0561. The number of primary amides is 1. The van der Waals surface area contributed by atoms with E-state index in [0.717, 1.165) is 39.0 Å². The van der Waals surface area contributed by atoms with Gasteiger partial charge in [-0.1, -0.05) is 19.6 Å². The maximum absolute atomic E-state index is 10.8. The molecular weight excluding hydrogens is 272 g/mol. The van der Waals surface area contributed by atoms with Crippen LogP contribution in [0.3, 0.4) is 0 Å². The lowest BCUT2D eigenvalue weighted by Crippen LogP contribution is -2.40. The lowest BCUT2D eigenvalue weighted by atomic mass is 9.93. The monoisotopic (exact) mass is 302 g/mol. The standard InChI is InChI=1S/C14H30N2O3Si/c1-20(2,3)9-6-16-13(11-19-14(15)17)10-12-4-7-18-8-5-12/h12-13,16H,4-11H2,1-3H3,(H2,15,17)/t13-/m0/s1. The minimum atomic E-state index is -1.04. The highest BCUT2D eigenvalue weighted by atomic mass is 28.3. The number of amides is 1. The Balaban J connectivity index is 2.35. The van der Waals surface area contributed by atoms with Crippen LogP contribution in [-0.2, 0) is 9.47 Å². The van der Waals surface area contributed by atoms with Gasteiger partial charge in [0.25, 0.3) is 0 Å². The van der Waals surface area contributed by atoms with E-state index in [2.05, 4.69) is 25.0 Å². The van der Waals surface area contributed by atoms with E-state index in [4.69, 9.17) is 15.2 Å². The third-order valence-electron chi connectivity index (χ3n) is 3.69. The second kappa shape index (κ2) is 8.64. The van der Waals surface area contributed by atoms with Crippen molar-refractivity contribution in [1.82, 2.24) is 5.32 Å². The maximum atomic E-state index is 10.8. The molecule has 1 aliphatic heterocycles. The Bertz CT molecular complexity index is 289. The third kappa shape index (κ3) is 8.55. The lowest BCUT2D eigenvalue weighted by Gasteiger charge is -2.27. The van der Waals surface area contributed by atoms with Crippen LogP contribution in [0.5, 0.6) is 0 Å². The van der Waals surface area contributed by atoms with E-state index >= 15 is 0 Å². The van der Waals surface area contributed by atoms with E-state index in [9.17, 15) is 4.79 Å². The van der Waals surface area contributed by atoms with Crippen molar-refractivity contribution in [3.63, 3.8) is 0 Å². The largest absolute Gasteiger partial charge is 0.448 e. The number of nitrogens with one attached hydrogen (secondary N) is 1. The highest BCUT2D eigenvalue weighted by Crippen LogP contribution is 2.20. The Morgan fingerprint density at radius 1 is 1.40 bits per heavy atom. The van der Waals surface area contributed by atoms with Gasteiger partial charge < -0.3 is 20.5 Å². The van der Waals surface area contributed by atoms with E-state index in [0.29, 0.717) is 12.5 Å². The molecule has 0 aromatic rings. The first kappa shape index (κ1) is 17.5. The second-order valence-electron chi connectivity index (χ2n) is 6.88. The van der Waals surface area contributed by atoms with Gasteiger partial charge in [-0.05, 0) is 37.8 Å². The van der Waals surface area contributed by atoms with Crippen molar-refractivity contribution in [2.24, 2.45) is 11.7 Å². The molecule has 0 spiro atoms. The SMILES string of the molecule is C[Si](C)(C)CCN[C@H](COC(N)=O)CC1CCOCC1. The molecule has 0 bridgehead atoms. The van der Waals surface area contributed by atoms with Crippen molar-refractivity contribution in [3.8, 4) is 0 Å². The number of carbonyl (C=O) groups excluding carboxylic acids is 1. The smallest absolute Gasteiger partial charge is 0.404 e. The first-order valence-corrected chi connectivity index (χ1v) is 11.3. The van der Waals surface area contributed by atoms with Gasteiger partial charge in [0.05, 0.1) is 0 Å². The summed E-state index contributed by atoms with van der Waals surface area (Å²) < 4.78 is 10.4. The van der Waals surface area contributed by atoms with Crippen LogP contribution in [0.15, 0.2) is 0 Å². The van der Waals surface area contributed by atoms with Gasteiger partial charge in [0, 0.05) is 27.3 Å². The summed E-state index contributed by atoms with van der Waals surface area (Å²) in [6.07, 6.45) is 2.54. The predicted octanol–water partition coefficient (Wildman–Crippen LogP) is 2.19. The summed E-state index contributed by atoms with van der Waals surface area (Å²) in [4.78, 5) is 10.8. The Hall–Kier alpha value is -0.593. The molecule has 3 N–H and O–H groups in total. The van der Waals surface area contributed by atoms with E-state index in [1.54, 1.807) is 0 Å². The number of nitrogens with two attached hydrogens (primary N) is 1. The summed E-state index contributed by atoms with van der Waals surface area (Å²) in [5.41, 5.74) is 5.07. The van der Waals surface area contributed by atoms with Gasteiger partial charge in [-0.15, -0.1) is 0 Å². The fraction of sp³-hybridized carbons (Fsp3) is 0.929. The molecule has 1 saturated heterocycles. The van der Waals surface area contributed by atoms with Gasteiger partial charge in [0.15, 0.2) is 0 Å². The first-order valence-electron chi connectivity index (χ1n) is 7.60. The molecular formula is C14H30N2O3Si. The van der Waals surface area contributed by atoms with Crippen molar-refractivity contribution in [2.45, 2.75) is 51.0 Å². The van der Waals surface area contributed by atoms with Gasteiger partial charge in [0.2, 0.25) is 0 Å². The Labute approximate surface area is 123 Å². The minimum Gasteiger partial charge on any atom is -0.448 e. The van der Waals surface area contributed by atoms with Gasteiger partial charge in [-0.25, -0.2) is 4.79 Å². The molecule has 6 heteroatoms. The molecule has 1 rings (SSSR count). The van der Waals surface area contributed by atoms with Crippen LogP contribution in [0.2, 0.25) is 25.7 Å². The Morgan fingerprint density at radius 2 is 2.05 bits per heavy atom. The molecule has 1 heterocycles. The summed E-state index contributed by atoms with van der Waals surface area (Å²) in [6, 6.07) is 1.44. The summed E-state index contributed by atoms with van der Waals surface area (Å²) in [5, 5.41) is 3.54. The predicted molar refractivity (Wildman–Crippen MR) is 83.6 cm³/mol. The molecule has 118 valence electrons. The highest BCUT2D eigenvalue weighted by Gasteiger charge is 2.21. The molecule has 0 radical (unpaired) electrons. The summed E-state index contributed by atoms with van der Waals surface area (Å²) in [5.74, 6) is 0.657. The molecule has 1 amide bonds. The topological polar surface area (TPSA) is 73.6 Å². The Kier molecular flexibility index (Phi) is 7.54. The quantitative estimate of drug-likeness (QED) is 0.674.